The molecule has 2 atom stereocenters. The lowest BCUT2D eigenvalue weighted by Crippen LogP contribution is -2.45. The van der Waals surface area contributed by atoms with Gasteiger partial charge in [0.15, 0.2) is 0 Å². The molecule has 1 amide bonds. The van der Waals surface area contributed by atoms with Crippen LogP contribution in [0.3, 0.4) is 0 Å². The van der Waals surface area contributed by atoms with Gasteiger partial charge in [0.25, 0.3) is 0 Å². The molecule has 0 aliphatic rings. The van der Waals surface area contributed by atoms with Crippen molar-refractivity contribution in [3.8, 4) is 0 Å². The van der Waals surface area contributed by atoms with Crippen molar-refractivity contribution >= 4 is 5.91 Å². The predicted molar refractivity (Wildman–Crippen MR) is 221 cm³/mol. The minimum absolute atomic E-state index is 0.0665. The molecule has 0 aliphatic carbocycles. The van der Waals surface area contributed by atoms with Crippen LogP contribution < -0.4 is 5.32 Å². The fraction of sp³-hybridized carbons (Fsp3) is 0.935. The van der Waals surface area contributed by atoms with Gasteiger partial charge in [-0.05, 0) is 19.3 Å². The molecule has 0 rings (SSSR count). The summed E-state index contributed by atoms with van der Waals surface area (Å²) in [6.07, 6.45) is 53.9. The van der Waals surface area contributed by atoms with Crippen molar-refractivity contribution in [3.05, 3.63) is 12.2 Å². The van der Waals surface area contributed by atoms with Crippen molar-refractivity contribution in [1.29, 1.82) is 0 Å². The van der Waals surface area contributed by atoms with Crippen molar-refractivity contribution < 1.29 is 15.0 Å². The number of aliphatic hydroxyl groups excluding tert-OH is 2. The molecule has 0 saturated heterocycles. The van der Waals surface area contributed by atoms with E-state index in [-0.39, 0.29) is 12.5 Å². The van der Waals surface area contributed by atoms with Crippen LogP contribution in [0.4, 0.5) is 0 Å². The molecule has 298 valence electrons. The second-order valence-electron chi connectivity index (χ2n) is 15.8. The number of hydrogen-bond donors (Lipinski definition) is 3. The van der Waals surface area contributed by atoms with Crippen molar-refractivity contribution in [2.75, 3.05) is 6.61 Å². The maximum Gasteiger partial charge on any atom is 0.220 e. The maximum atomic E-state index is 12.2. The van der Waals surface area contributed by atoms with Gasteiger partial charge in [-0.1, -0.05) is 244 Å². The molecule has 0 saturated carbocycles. The van der Waals surface area contributed by atoms with Crippen molar-refractivity contribution in [2.24, 2.45) is 0 Å². The Morgan fingerprint density at radius 2 is 0.740 bits per heavy atom. The van der Waals surface area contributed by atoms with E-state index in [1.54, 1.807) is 6.08 Å². The lowest BCUT2D eigenvalue weighted by molar-refractivity contribution is -0.123. The smallest absolute Gasteiger partial charge is 0.220 e. The second kappa shape index (κ2) is 42.5. The van der Waals surface area contributed by atoms with Gasteiger partial charge < -0.3 is 15.5 Å². The van der Waals surface area contributed by atoms with E-state index in [1.807, 2.05) is 6.08 Å². The highest BCUT2D eigenvalue weighted by molar-refractivity contribution is 5.76. The van der Waals surface area contributed by atoms with E-state index in [9.17, 15) is 15.0 Å². The number of carbonyl (C=O) groups excluding carboxylic acids is 1. The lowest BCUT2D eigenvalue weighted by Gasteiger charge is -2.20. The molecule has 50 heavy (non-hydrogen) atoms. The Bertz CT molecular complexity index is 680. The summed E-state index contributed by atoms with van der Waals surface area (Å²) in [6.45, 7) is 4.23. The molecule has 2 unspecified atom stereocenters. The summed E-state index contributed by atoms with van der Waals surface area (Å²) >= 11 is 0. The molecule has 0 aliphatic heterocycles. The van der Waals surface area contributed by atoms with Gasteiger partial charge in [-0.2, -0.15) is 0 Å². The van der Waals surface area contributed by atoms with E-state index < -0.39 is 12.1 Å². The summed E-state index contributed by atoms with van der Waals surface area (Å²) in [7, 11) is 0. The first-order chi connectivity index (χ1) is 24.7. The van der Waals surface area contributed by atoms with E-state index in [0.717, 1.165) is 25.7 Å². The minimum atomic E-state index is -0.830. The van der Waals surface area contributed by atoms with Crippen LogP contribution in [0.2, 0.25) is 0 Å². The van der Waals surface area contributed by atoms with Gasteiger partial charge in [-0.15, -0.1) is 0 Å². The number of rotatable bonds is 42. The number of amides is 1. The van der Waals surface area contributed by atoms with E-state index >= 15 is 0 Å². The molecular weight excluding hydrogens is 615 g/mol. The Morgan fingerprint density at radius 1 is 0.460 bits per heavy atom. The zero-order chi connectivity index (χ0) is 36.4. The highest BCUT2D eigenvalue weighted by Gasteiger charge is 2.17. The van der Waals surface area contributed by atoms with E-state index in [1.165, 1.54) is 212 Å². The monoisotopic (exact) mass is 706 g/mol. The van der Waals surface area contributed by atoms with Gasteiger partial charge in [0.1, 0.15) is 0 Å². The van der Waals surface area contributed by atoms with Gasteiger partial charge >= 0.3 is 0 Å². The molecular formula is C46H91NO3. The van der Waals surface area contributed by atoms with Crippen LogP contribution in [0.15, 0.2) is 12.2 Å². The SMILES string of the molecule is CCCCC/C=C/C(O)C(CO)NC(=O)CCCCCCCCCCCCCCCCCCCCCCCCCCCCCCCCCCC. The molecule has 0 fully saturated rings. The van der Waals surface area contributed by atoms with Crippen LogP contribution in [0.5, 0.6) is 0 Å². The fourth-order valence-corrected chi connectivity index (χ4v) is 7.24. The van der Waals surface area contributed by atoms with Crippen LogP contribution in [0.1, 0.15) is 258 Å². The number of aliphatic hydroxyl groups is 2. The van der Waals surface area contributed by atoms with E-state index in [2.05, 4.69) is 19.2 Å². The Hall–Kier alpha value is -0.870. The molecule has 0 bridgehead atoms. The molecule has 0 aromatic carbocycles. The van der Waals surface area contributed by atoms with Gasteiger partial charge in [0, 0.05) is 6.42 Å². The first-order valence-electron chi connectivity index (χ1n) is 22.9. The molecule has 0 aromatic heterocycles. The predicted octanol–water partition coefficient (Wildman–Crippen LogP) is 14.2. The normalized spacial score (nSPS) is 13.0. The average molecular weight is 706 g/mol. The third-order valence-electron chi connectivity index (χ3n) is 10.8. The topological polar surface area (TPSA) is 69.6 Å². The third-order valence-corrected chi connectivity index (χ3v) is 10.8. The highest BCUT2D eigenvalue weighted by atomic mass is 16.3. The van der Waals surface area contributed by atoms with Crippen LogP contribution in [0.25, 0.3) is 0 Å². The van der Waals surface area contributed by atoms with E-state index in [4.69, 9.17) is 0 Å². The zero-order valence-electron chi connectivity index (χ0n) is 34.2. The van der Waals surface area contributed by atoms with Gasteiger partial charge in [0.2, 0.25) is 5.91 Å². The third kappa shape index (κ3) is 38.4. The summed E-state index contributed by atoms with van der Waals surface area (Å²) in [4.78, 5) is 12.2. The van der Waals surface area contributed by atoms with E-state index in [0.29, 0.717) is 6.42 Å². The van der Waals surface area contributed by atoms with Crippen molar-refractivity contribution in [1.82, 2.24) is 5.32 Å². The highest BCUT2D eigenvalue weighted by Crippen LogP contribution is 2.17. The summed E-state index contributed by atoms with van der Waals surface area (Å²) in [6, 6.07) is -0.613. The van der Waals surface area contributed by atoms with Crippen LogP contribution >= 0.6 is 0 Å². The molecule has 0 radical (unpaired) electrons. The molecule has 0 spiro atoms. The largest absolute Gasteiger partial charge is 0.394 e. The lowest BCUT2D eigenvalue weighted by atomic mass is 10.0. The maximum absolute atomic E-state index is 12.2. The first kappa shape index (κ1) is 49.1. The molecule has 4 nitrogen and oxygen atoms in total. The Morgan fingerprint density at radius 3 is 1.04 bits per heavy atom. The summed E-state index contributed by atoms with van der Waals surface area (Å²) in [5.41, 5.74) is 0. The Balaban J connectivity index is 3.28. The van der Waals surface area contributed by atoms with Crippen molar-refractivity contribution in [2.45, 2.75) is 270 Å². The standard InChI is InChI=1S/C46H91NO3/c1-3-5-7-9-10-11-12-13-14-15-16-17-18-19-20-21-22-23-24-25-26-27-28-29-30-31-32-33-34-35-36-38-40-42-46(50)47-44(43-48)45(49)41-39-37-8-6-4-2/h39,41,44-45,48-49H,3-38,40,42-43H2,1-2H3,(H,47,50)/b41-39+. The summed E-state index contributed by atoms with van der Waals surface area (Å²) in [5.74, 6) is -0.0665. The van der Waals surface area contributed by atoms with Gasteiger partial charge in [0.05, 0.1) is 18.8 Å². The van der Waals surface area contributed by atoms with Gasteiger partial charge in [-0.3, -0.25) is 4.79 Å². The zero-order valence-corrected chi connectivity index (χ0v) is 34.2. The fourth-order valence-electron chi connectivity index (χ4n) is 7.24. The molecule has 0 heterocycles. The second-order valence-corrected chi connectivity index (χ2v) is 15.8. The number of hydrogen-bond acceptors (Lipinski definition) is 3. The van der Waals surface area contributed by atoms with Crippen LogP contribution in [0, 0.1) is 0 Å². The number of nitrogens with one attached hydrogen (secondary N) is 1. The average Bonchev–Trinajstić information content (AvgIpc) is 3.12. The Labute approximate surface area is 314 Å². The number of allylic oxidation sites excluding steroid dienone is 1. The summed E-state index contributed by atoms with van der Waals surface area (Å²) in [5, 5.41) is 22.6. The molecule has 4 heteroatoms. The van der Waals surface area contributed by atoms with Crippen LogP contribution in [-0.2, 0) is 4.79 Å². The number of unbranched alkanes of at least 4 members (excludes halogenated alkanes) is 35. The molecule has 3 N–H and O–H groups in total. The molecule has 0 aromatic rings. The van der Waals surface area contributed by atoms with Gasteiger partial charge in [-0.25, -0.2) is 0 Å². The Kier molecular flexibility index (Phi) is 41.8. The summed E-state index contributed by atoms with van der Waals surface area (Å²) < 4.78 is 0. The van der Waals surface area contributed by atoms with Crippen molar-refractivity contribution in [3.63, 3.8) is 0 Å². The minimum Gasteiger partial charge on any atom is -0.394 e. The quantitative estimate of drug-likeness (QED) is 0.0437. The number of carbonyl (C=O) groups is 1. The first-order valence-corrected chi connectivity index (χ1v) is 22.9. The van der Waals surface area contributed by atoms with Crippen LogP contribution in [-0.4, -0.2) is 34.9 Å².